The van der Waals surface area contributed by atoms with E-state index in [1.165, 1.54) is 6.42 Å². The summed E-state index contributed by atoms with van der Waals surface area (Å²) in [4.78, 5) is 2.04. The van der Waals surface area contributed by atoms with E-state index in [4.69, 9.17) is 10.9 Å². The summed E-state index contributed by atoms with van der Waals surface area (Å²) in [5.41, 5.74) is 8.14. The number of nitrogens with two attached hydrogens (primary N) is 1. The average Bonchev–Trinajstić information content (AvgIpc) is 3.06. The van der Waals surface area contributed by atoms with E-state index in [1.807, 2.05) is 25.8 Å². The molecule has 2 atom stereocenters. The third-order valence-corrected chi connectivity index (χ3v) is 3.95. The smallest absolute Gasteiger partial charge is 0.174 e. The summed E-state index contributed by atoms with van der Waals surface area (Å²) in [7, 11) is 1.97. The molecule has 3 N–H and O–H groups in total. The van der Waals surface area contributed by atoms with E-state index >= 15 is 0 Å². The van der Waals surface area contributed by atoms with Crippen molar-refractivity contribution in [2.24, 2.45) is 22.7 Å². The molecular weight excluding hydrogens is 242 g/mol. The third kappa shape index (κ3) is 2.62. The Morgan fingerprint density at radius 3 is 2.63 bits per heavy atom. The van der Waals surface area contributed by atoms with Gasteiger partial charge in [-0.3, -0.25) is 0 Å². The second-order valence-electron chi connectivity index (χ2n) is 5.45. The number of nitrogens with zero attached hydrogens (tertiary/aromatic N) is 4. The Hall–Kier alpha value is -1.85. The van der Waals surface area contributed by atoms with Gasteiger partial charge in [-0.25, -0.2) is 0 Å². The van der Waals surface area contributed by atoms with Crippen LogP contribution in [-0.4, -0.2) is 34.8 Å². The SMILES string of the molecule is Cc1nnc(N(C)CC2CC2C)c(/C(N)=N/O)c1C. The highest BCUT2D eigenvalue weighted by atomic mass is 16.4. The molecule has 0 radical (unpaired) electrons. The molecule has 1 aliphatic rings. The van der Waals surface area contributed by atoms with Crippen LogP contribution in [0.25, 0.3) is 0 Å². The van der Waals surface area contributed by atoms with Gasteiger partial charge in [0.05, 0.1) is 11.3 Å². The molecule has 0 aromatic carbocycles. The lowest BCUT2D eigenvalue weighted by Gasteiger charge is -2.21. The zero-order chi connectivity index (χ0) is 14.2. The maximum atomic E-state index is 8.94. The van der Waals surface area contributed by atoms with Crippen LogP contribution in [0.4, 0.5) is 5.82 Å². The Bertz CT molecular complexity index is 514. The number of amidine groups is 1. The van der Waals surface area contributed by atoms with Gasteiger partial charge < -0.3 is 15.8 Å². The Balaban J connectivity index is 2.36. The van der Waals surface area contributed by atoms with E-state index in [-0.39, 0.29) is 5.84 Å². The predicted octanol–water partition coefficient (Wildman–Crippen LogP) is 1.28. The van der Waals surface area contributed by atoms with Crippen LogP contribution in [0.15, 0.2) is 5.16 Å². The summed E-state index contributed by atoms with van der Waals surface area (Å²) in [6.07, 6.45) is 1.25. The minimum absolute atomic E-state index is 0.0844. The number of aromatic nitrogens is 2. The fraction of sp³-hybridized carbons (Fsp3) is 0.615. The molecule has 19 heavy (non-hydrogen) atoms. The largest absolute Gasteiger partial charge is 0.409 e. The van der Waals surface area contributed by atoms with Gasteiger partial charge in [0.25, 0.3) is 0 Å². The number of aryl methyl sites for hydroxylation is 1. The first-order valence-electron chi connectivity index (χ1n) is 6.48. The number of hydrogen-bond acceptors (Lipinski definition) is 5. The van der Waals surface area contributed by atoms with Crippen LogP contribution in [0.5, 0.6) is 0 Å². The van der Waals surface area contributed by atoms with E-state index in [9.17, 15) is 0 Å². The van der Waals surface area contributed by atoms with Gasteiger partial charge in [-0.15, -0.1) is 5.10 Å². The Kier molecular flexibility index (Phi) is 3.59. The second kappa shape index (κ2) is 5.03. The summed E-state index contributed by atoms with van der Waals surface area (Å²) in [6.45, 7) is 6.94. The van der Waals surface area contributed by atoms with Crippen LogP contribution in [0.1, 0.15) is 30.2 Å². The molecule has 6 nitrogen and oxygen atoms in total. The Labute approximate surface area is 113 Å². The Morgan fingerprint density at radius 1 is 1.47 bits per heavy atom. The number of anilines is 1. The summed E-state index contributed by atoms with van der Waals surface area (Å²) in [5.74, 6) is 2.24. The van der Waals surface area contributed by atoms with Crippen LogP contribution in [0, 0.1) is 25.7 Å². The molecular formula is C13H21N5O. The van der Waals surface area contributed by atoms with Crippen molar-refractivity contribution in [1.82, 2.24) is 10.2 Å². The topological polar surface area (TPSA) is 87.6 Å². The average molecular weight is 263 g/mol. The lowest BCUT2D eigenvalue weighted by Crippen LogP contribution is -2.28. The zero-order valence-electron chi connectivity index (χ0n) is 11.9. The summed E-state index contributed by atoms with van der Waals surface area (Å²) < 4.78 is 0. The minimum atomic E-state index is 0.0844. The molecule has 1 heterocycles. The van der Waals surface area contributed by atoms with Gasteiger partial charge >= 0.3 is 0 Å². The molecule has 0 saturated heterocycles. The first kappa shape index (κ1) is 13.6. The fourth-order valence-corrected chi connectivity index (χ4v) is 2.31. The second-order valence-corrected chi connectivity index (χ2v) is 5.45. The quantitative estimate of drug-likeness (QED) is 0.370. The molecule has 1 fully saturated rings. The van der Waals surface area contributed by atoms with E-state index in [2.05, 4.69) is 22.3 Å². The van der Waals surface area contributed by atoms with Gasteiger partial charge in [-0.1, -0.05) is 12.1 Å². The van der Waals surface area contributed by atoms with E-state index in [0.717, 1.165) is 23.7 Å². The first-order chi connectivity index (χ1) is 8.95. The van der Waals surface area contributed by atoms with Crippen LogP contribution in [0.3, 0.4) is 0 Å². The molecule has 104 valence electrons. The van der Waals surface area contributed by atoms with Gasteiger partial charge in [-0.05, 0) is 37.7 Å². The van der Waals surface area contributed by atoms with Crippen molar-refractivity contribution in [3.8, 4) is 0 Å². The molecule has 6 heteroatoms. The standard InChI is InChI=1S/C13H21N5O/c1-7-5-10(7)6-18(4)13-11(12(14)17-19)8(2)9(3)15-16-13/h7,10,19H,5-6H2,1-4H3,(H2,14,17). The van der Waals surface area contributed by atoms with Gasteiger partial charge in [0.2, 0.25) is 0 Å². The molecule has 0 amide bonds. The normalized spacial score (nSPS) is 22.4. The van der Waals surface area contributed by atoms with Crippen molar-refractivity contribution in [3.05, 3.63) is 16.8 Å². The third-order valence-electron chi connectivity index (χ3n) is 3.95. The van der Waals surface area contributed by atoms with Crippen LogP contribution in [0.2, 0.25) is 0 Å². The van der Waals surface area contributed by atoms with Gasteiger partial charge in [0.15, 0.2) is 11.7 Å². The van der Waals surface area contributed by atoms with Crippen molar-refractivity contribution in [1.29, 1.82) is 0 Å². The fourth-order valence-electron chi connectivity index (χ4n) is 2.31. The van der Waals surface area contributed by atoms with E-state index in [0.29, 0.717) is 17.3 Å². The predicted molar refractivity (Wildman–Crippen MR) is 74.6 cm³/mol. The maximum Gasteiger partial charge on any atom is 0.174 e. The summed E-state index contributed by atoms with van der Waals surface area (Å²) in [5, 5.41) is 20.4. The molecule has 1 aromatic rings. The highest BCUT2D eigenvalue weighted by Crippen LogP contribution is 2.38. The number of oxime groups is 1. The van der Waals surface area contributed by atoms with E-state index in [1.54, 1.807) is 0 Å². The van der Waals surface area contributed by atoms with E-state index < -0.39 is 0 Å². The van der Waals surface area contributed by atoms with Crippen molar-refractivity contribution >= 4 is 11.7 Å². The zero-order valence-corrected chi connectivity index (χ0v) is 11.9. The summed E-state index contributed by atoms with van der Waals surface area (Å²) >= 11 is 0. The van der Waals surface area contributed by atoms with Crippen LogP contribution in [-0.2, 0) is 0 Å². The van der Waals surface area contributed by atoms with Crippen molar-refractivity contribution in [2.75, 3.05) is 18.5 Å². The lowest BCUT2D eigenvalue weighted by atomic mass is 10.1. The molecule has 1 aliphatic carbocycles. The van der Waals surface area contributed by atoms with Crippen molar-refractivity contribution < 1.29 is 5.21 Å². The molecule has 2 unspecified atom stereocenters. The number of hydrogen-bond donors (Lipinski definition) is 2. The van der Waals surface area contributed by atoms with Crippen molar-refractivity contribution in [2.45, 2.75) is 27.2 Å². The summed E-state index contributed by atoms with van der Waals surface area (Å²) in [6, 6.07) is 0. The first-order valence-corrected chi connectivity index (χ1v) is 6.48. The molecule has 0 spiro atoms. The monoisotopic (exact) mass is 263 g/mol. The highest BCUT2D eigenvalue weighted by molar-refractivity contribution is 6.02. The molecule has 0 bridgehead atoms. The molecule has 1 aromatic heterocycles. The van der Waals surface area contributed by atoms with Crippen LogP contribution >= 0.6 is 0 Å². The van der Waals surface area contributed by atoms with Gasteiger partial charge in [0.1, 0.15) is 0 Å². The molecule has 1 saturated carbocycles. The molecule has 0 aliphatic heterocycles. The number of rotatable bonds is 4. The van der Waals surface area contributed by atoms with Crippen molar-refractivity contribution in [3.63, 3.8) is 0 Å². The van der Waals surface area contributed by atoms with Gasteiger partial charge in [0, 0.05) is 13.6 Å². The lowest BCUT2D eigenvalue weighted by molar-refractivity contribution is 0.318. The highest BCUT2D eigenvalue weighted by Gasteiger charge is 2.34. The Morgan fingerprint density at radius 2 is 2.11 bits per heavy atom. The van der Waals surface area contributed by atoms with Gasteiger partial charge in [-0.2, -0.15) is 5.10 Å². The maximum absolute atomic E-state index is 8.94. The van der Waals surface area contributed by atoms with Crippen LogP contribution < -0.4 is 10.6 Å². The minimum Gasteiger partial charge on any atom is -0.409 e. The molecule has 2 rings (SSSR count).